The molecule has 6 heteroatoms. The van der Waals surface area contributed by atoms with E-state index in [1.54, 1.807) is 30.9 Å². The van der Waals surface area contributed by atoms with Crippen LogP contribution in [0.5, 0.6) is 5.75 Å². The van der Waals surface area contributed by atoms with Crippen molar-refractivity contribution < 1.29 is 17.9 Å². The first-order chi connectivity index (χ1) is 8.98. The van der Waals surface area contributed by atoms with Crippen molar-refractivity contribution in [3.05, 3.63) is 29.8 Å². The molecular weight excluding hydrogens is 275 g/mol. The Labute approximate surface area is 115 Å². The van der Waals surface area contributed by atoms with Crippen LogP contribution in [0.15, 0.2) is 24.3 Å². The zero-order valence-corrected chi connectivity index (χ0v) is 11.8. The molecule has 0 spiro atoms. The monoisotopic (exact) mass is 293 g/mol. The van der Waals surface area contributed by atoms with E-state index in [0.29, 0.717) is 11.3 Å². The fraction of sp³-hybridized carbons (Fsp3) is 0.538. The smallest absolute Gasteiger partial charge is 0.405 e. The average Bonchev–Trinajstić information content (AvgIpc) is 2.34. The lowest BCUT2D eigenvalue weighted by atomic mass is 10.1. The van der Waals surface area contributed by atoms with Crippen LogP contribution in [0.3, 0.4) is 0 Å². The SMILES string of the molecule is CCCSCC(NC)c1ccccc1OC(F)(F)F. The van der Waals surface area contributed by atoms with Gasteiger partial charge in [0.1, 0.15) is 5.75 Å². The van der Waals surface area contributed by atoms with Gasteiger partial charge in [-0.2, -0.15) is 11.8 Å². The van der Waals surface area contributed by atoms with Crippen LogP contribution in [0.25, 0.3) is 0 Å². The van der Waals surface area contributed by atoms with E-state index in [-0.39, 0.29) is 11.8 Å². The number of benzene rings is 1. The second kappa shape index (κ2) is 7.65. The highest BCUT2D eigenvalue weighted by Crippen LogP contribution is 2.31. The Morgan fingerprint density at radius 1 is 1.32 bits per heavy atom. The first-order valence-electron chi connectivity index (χ1n) is 6.07. The van der Waals surface area contributed by atoms with Gasteiger partial charge in [-0.3, -0.25) is 0 Å². The van der Waals surface area contributed by atoms with Crippen molar-refractivity contribution in [3.63, 3.8) is 0 Å². The molecule has 19 heavy (non-hydrogen) atoms. The summed E-state index contributed by atoms with van der Waals surface area (Å²) in [5, 5.41) is 3.04. The third kappa shape index (κ3) is 5.74. The van der Waals surface area contributed by atoms with E-state index >= 15 is 0 Å². The highest BCUT2D eigenvalue weighted by atomic mass is 32.2. The first-order valence-corrected chi connectivity index (χ1v) is 7.23. The molecule has 1 N–H and O–H groups in total. The van der Waals surface area contributed by atoms with Crippen LogP contribution in [0, 0.1) is 0 Å². The predicted molar refractivity (Wildman–Crippen MR) is 72.5 cm³/mol. The van der Waals surface area contributed by atoms with Gasteiger partial charge >= 0.3 is 6.36 Å². The molecule has 1 unspecified atom stereocenters. The molecule has 1 rings (SSSR count). The molecule has 2 nitrogen and oxygen atoms in total. The Bertz CT molecular complexity index is 384. The number of hydrogen-bond donors (Lipinski definition) is 1. The van der Waals surface area contributed by atoms with Crippen molar-refractivity contribution in [2.75, 3.05) is 18.6 Å². The lowest BCUT2D eigenvalue weighted by Gasteiger charge is -2.20. The molecule has 0 saturated heterocycles. The van der Waals surface area contributed by atoms with Crippen molar-refractivity contribution >= 4 is 11.8 Å². The summed E-state index contributed by atoms with van der Waals surface area (Å²) in [7, 11) is 1.74. The molecule has 108 valence electrons. The quantitative estimate of drug-likeness (QED) is 0.768. The van der Waals surface area contributed by atoms with Gasteiger partial charge in [-0.1, -0.05) is 25.1 Å². The van der Waals surface area contributed by atoms with E-state index in [1.165, 1.54) is 12.1 Å². The maximum Gasteiger partial charge on any atom is 0.573 e. The van der Waals surface area contributed by atoms with Crippen LogP contribution in [0.4, 0.5) is 13.2 Å². The Hall–Kier alpha value is -0.880. The van der Waals surface area contributed by atoms with Crippen LogP contribution in [0.1, 0.15) is 24.9 Å². The normalized spacial score (nSPS) is 13.3. The Balaban J connectivity index is 2.84. The minimum Gasteiger partial charge on any atom is -0.405 e. The molecule has 0 heterocycles. The van der Waals surface area contributed by atoms with Gasteiger partial charge in [0.2, 0.25) is 0 Å². The van der Waals surface area contributed by atoms with Gasteiger partial charge < -0.3 is 10.1 Å². The molecule has 1 atom stereocenters. The minimum atomic E-state index is -4.66. The summed E-state index contributed by atoms with van der Waals surface area (Å²) in [6.45, 7) is 2.07. The van der Waals surface area contributed by atoms with E-state index in [1.807, 2.05) is 0 Å². The summed E-state index contributed by atoms with van der Waals surface area (Å²) in [5.41, 5.74) is 0.533. The van der Waals surface area contributed by atoms with E-state index in [9.17, 15) is 13.2 Å². The van der Waals surface area contributed by atoms with E-state index in [4.69, 9.17) is 0 Å². The maximum atomic E-state index is 12.3. The predicted octanol–water partition coefficient (Wildman–Crippen LogP) is 3.99. The Morgan fingerprint density at radius 3 is 2.58 bits per heavy atom. The van der Waals surface area contributed by atoms with E-state index in [2.05, 4.69) is 17.0 Å². The van der Waals surface area contributed by atoms with E-state index < -0.39 is 6.36 Å². The van der Waals surface area contributed by atoms with Gasteiger partial charge in [0, 0.05) is 17.4 Å². The molecule has 0 radical (unpaired) electrons. The molecule has 0 aliphatic heterocycles. The van der Waals surface area contributed by atoms with Crippen molar-refractivity contribution in [3.8, 4) is 5.75 Å². The molecular formula is C13H18F3NOS. The molecule has 0 fully saturated rings. The summed E-state index contributed by atoms with van der Waals surface area (Å²) in [6.07, 6.45) is -3.62. The third-order valence-corrected chi connectivity index (χ3v) is 3.77. The number of ether oxygens (including phenoxy) is 1. The summed E-state index contributed by atoms with van der Waals surface area (Å²) in [4.78, 5) is 0. The van der Waals surface area contributed by atoms with Gasteiger partial charge in [0.05, 0.1) is 0 Å². The van der Waals surface area contributed by atoms with Crippen molar-refractivity contribution in [2.24, 2.45) is 0 Å². The maximum absolute atomic E-state index is 12.3. The lowest BCUT2D eigenvalue weighted by Crippen LogP contribution is -2.23. The molecule has 0 bridgehead atoms. The van der Waals surface area contributed by atoms with Crippen molar-refractivity contribution in [1.29, 1.82) is 0 Å². The molecule has 0 aliphatic carbocycles. The number of halogens is 3. The van der Waals surface area contributed by atoms with E-state index in [0.717, 1.165) is 12.2 Å². The molecule has 1 aromatic rings. The summed E-state index contributed by atoms with van der Waals surface area (Å²) < 4.78 is 41.1. The standard InChI is InChI=1S/C13H18F3NOS/c1-3-8-19-9-11(17-2)10-6-4-5-7-12(10)18-13(14,15)16/h4-7,11,17H,3,8-9H2,1-2H3. The Morgan fingerprint density at radius 2 is 2.00 bits per heavy atom. The molecule has 0 aromatic heterocycles. The van der Waals surface area contributed by atoms with Gasteiger partial charge in [-0.15, -0.1) is 13.2 Å². The molecule has 0 amide bonds. The topological polar surface area (TPSA) is 21.3 Å². The zero-order chi connectivity index (χ0) is 14.3. The number of thioether (sulfide) groups is 1. The Kier molecular flexibility index (Phi) is 6.51. The second-order valence-electron chi connectivity index (χ2n) is 4.00. The highest BCUT2D eigenvalue weighted by Gasteiger charge is 2.32. The number of nitrogens with one attached hydrogen (secondary N) is 1. The first kappa shape index (κ1) is 16.2. The van der Waals surface area contributed by atoms with Crippen molar-refractivity contribution in [2.45, 2.75) is 25.7 Å². The number of alkyl halides is 3. The van der Waals surface area contributed by atoms with Crippen LogP contribution in [-0.2, 0) is 0 Å². The van der Waals surface area contributed by atoms with Crippen LogP contribution < -0.4 is 10.1 Å². The second-order valence-corrected chi connectivity index (χ2v) is 5.15. The average molecular weight is 293 g/mol. The van der Waals surface area contributed by atoms with Crippen LogP contribution in [-0.4, -0.2) is 24.9 Å². The van der Waals surface area contributed by atoms with Gasteiger partial charge in [-0.05, 0) is 25.3 Å². The highest BCUT2D eigenvalue weighted by molar-refractivity contribution is 7.99. The van der Waals surface area contributed by atoms with Crippen LogP contribution >= 0.6 is 11.8 Å². The number of para-hydroxylation sites is 1. The van der Waals surface area contributed by atoms with Gasteiger partial charge in [0.25, 0.3) is 0 Å². The van der Waals surface area contributed by atoms with Gasteiger partial charge in [-0.25, -0.2) is 0 Å². The number of rotatable bonds is 7. The van der Waals surface area contributed by atoms with Gasteiger partial charge in [0.15, 0.2) is 0 Å². The molecule has 1 aromatic carbocycles. The summed E-state index contributed by atoms with van der Waals surface area (Å²) in [6, 6.07) is 6.10. The van der Waals surface area contributed by atoms with Crippen LogP contribution in [0.2, 0.25) is 0 Å². The number of hydrogen-bond acceptors (Lipinski definition) is 3. The zero-order valence-electron chi connectivity index (χ0n) is 11.0. The van der Waals surface area contributed by atoms with Crippen molar-refractivity contribution in [1.82, 2.24) is 5.32 Å². The fourth-order valence-corrected chi connectivity index (χ4v) is 2.70. The third-order valence-electron chi connectivity index (χ3n) is 2.50. The molecule has 0 saturated carbocycles. The minimum absolute atomic E-state index is 0.133. The molecule has 0 aliphatic rings. The summed E-state index contributed by atoms with van der Waals surface area (Å²) >= 11 is 1.71. The lowest BCUT2D eigenvalue weighted by molar-refractivity contribution is -0.275. The summed E-state index contributed by atoms with van der Waals surface area (Å²) in [5.74, 6) is 1.56. The fourth-order valence-electron chi connectivity index (χ4n) is 1.66. The largest absolute Gasteiger partial charge is 0.573 e.